The first-order valence-electron chi connectivity index (χ1n) is 31.3. The van der Waals surface area contributed by atoms with Crippen LogP contribution < -0.4 is 47.4 Å². The lowest BCUT2D eigenvalue weighted by Crippen LogP contribution is -2.14. The molecule has 9 rings (SSSR count). The molecule has 0 aliphatic rings. The zero-order chi connectivity index (χ0) is 70.4. The van der Waals surface area contributed by atoms with E-state index in [2.05, 4.69) is 140 Å². The van der Waals surface area contributed by atoms with Crippen molar-refractivity contribution in [3.8, 4) is 17.2 Å². The number of Topliss-reactive ketones (excluding diaryl/α,β-unsaturated/α-hetero) is 1. The minimum atomic E-state index is -1.03. The molecule has 524 valence electrons. The monoisotopic (exact) mass is 1410 g/mol. The van der Waals surface area contributed by atoms with E-state index < -0.39 is 11.9 Å². The number of aliphatic carboxylic acids is 2. The number of aryl methyl sites for hydroxylation is 3. The lowest BCUT2D eigenvalue weighted by atomic mass is 9.99. The van der Waals surface area contributed by atoms with Gasteiger partial charge in [-0.3, -0.25) is 14.4 Å². The van der Waals surface area contributed by atoms with E-state index in [-0.39, 0.29) is 44.1 Å². The molecule has 0 radical (unpaired) electrons. The van der Waals surface area contributed by atoms with E-state index >= 15 is 0 Å². The number of alkyl halides is 1. The molecule has 0 aliphatic heterocycles. The van der Waals surface area contributed by atoms with Crippen molar-refractivity contribution in [2.24, 2.45) is 0 Å². The van der Waals surface area contributed by atoms with Gasteiger partial charge in [-0.25, -0.2) is 19.6 Å². The van der Waals surface area contributed by atoms with Crippen molar-refractivity contribution in [2.75, 3.05) is 79.4 Å². The van der Waals surface area contributed by atoms with Crippen LogP contribution in [0.2, 0.25) is 0 Å². The summed E-state index contributed by atoms with van der Waals surface area (Å²) in [5.74, 6) is 4.90. The summed E-state index contributed by atoms with van der Waals surface area (Å²) in [7, 11) is 4.92. The van der Waals surface area contributed by atoms with Gasteiger partial charge in [-0.1, -0.05) is 91.7 Å². The molecule has 9 aromatic rings. The van der Waals surface area contributed by atoms with Gasteiger partial charge in [0.05, 0.1) is 40.0 Å². The Bertz CT molecular complexity index is 4000. The van der Waals surface area contributed by atoms with Crippen molar-refractivity contribution < 1.29 is 38.8 Å². The van der Waals surface area contributed by atoms with Gasteiger partial charge in [0.1, 0.15) is 47.0 Å². The number of ether oxygens (including phenoxy) is 3. The van der Waals surface area contributed by atoms with Gasteiger partial charge >= 0.3 is 11.9 Å². The predicted molar refractivity (Wildman–Crippen MR) is 376 cm³/mol. The second kappa shape index (κ2) is 40.0. The van der Waals surface area contributed by atoms with Crippen molar-refractivity contribution in [2.45, 2.75) is 139 Å². The van der Waals surface area contributed by atoms with E-state index in [1.165, 1.54) is 11.6 Å². The lowest BCUT2D eigenvalue weighted by molar-refractivity contribution is -0.139. The fourth-order valence-corrected chi connectivity index (χ4v) is 9.78. The predicted octanol–water partition coefficient (Wildman–Crippen LogP) is 7.38. The Morgan fingerprint density at radius 2 is 1.00 bits per heavy atom. The number of carbonyl (C=O) groups excluding carboxylic acids is 1. The minimum Gasteiger partial charge on any atom is -0.496 e. The molecule has 98 heavy (non-hydrogen) atoms. The quantitative estimate of drug-likeness (QED) is 0.0113. The number of nitrogen functional groups attached to an aromatic ring is 3. The Morgan fingerprint density at radius 1 is 0.582 bits per heavy atom. The molecule has 0 fully saturated rings. The average Bonchev–Trinajstić information content (AvgIpc) is 0.866. The number of ketones is 1. The lowest BCUT2D eigenvalue weighted by Gasteiger charge is -2.16. The van der Waals surface area contributed by atoms with E-state index in [1.54, 1.807) is 21.3 Å². The van der Waals surface area contributed by atoms with Gasteiger partial charge in [-0.15, -0.1) is 25.5 Å². The topological polar surface area (TPSA) is 453 Å². The van der Waals surface area contributed by atoms with Gasteiger partial charge in [0.15, 0.2) is 24.0 Å². The zero-order valence-electron chi connectivity index (χ0n) is 56.2. The van der Waals surface area contributed by atoms with E-state index in [4.69, 9.17) is 41.6 Å². The van der Waals surface area contributed by atoms with Crippen LogP contribution >= 0.6 is 15.9 Å². The summed E-state index contributed by atoms with van der Waals surface area (Å²) in [6.07, 6.45) is 9.08. The number of hydrogen-bond donors (Lipinski definition) is 9. The van der Waals surface area contributed by atoms with Crippen LogP contribution in [0.5, 0.6) is 17.2 Å². The number of rotatable bonds is 32. The molecule has 0 bridgehead atoms. The summed E-state index contributed by atoms with van der Waals surface area (Å²) in [5.41, 5.74) is 28.8. The van der Waals surface area contributed by atoms with Crippen LogP contribution in [0.4, 0.5) is 35.3 Å². The van der Waals surface area contributed by atoms with Gasteiger partial charge in [-0.2, -0.15) is 25.0 Å². The fraction of sp³-hybridized carbons (Fsp3) is 0.431. The zero-order valence-corrected chi connectivity index (χ0v) is 57.8. The molecule has 33 heteroatoms. The number of hydrogen-bond acceptors (Lipinski definition) is 27. The number of unbranched alkanes of at least 4 members (excludes halogenated alkanes) is 3. The van der Waals surface area contributed by atoms with E-state index in [9.17, 15) is 14.4 Å². The number of aromatic nitrogens is 18. The molecule has 12 N–H and O–H groups in total. The van der Waals surface area contributed by atoms with Gasteiger partial charge in [-0.05, 0) is 108 Å². The molecule has 0 atom stereocenters. The molecular weight excluding hydrogens is 1320 g/mol. The van der Waals surface area contributed by atoms with Crippen LogP contribution in [-0.4, -0.2) is 165 Å². The number of H-pyrrole nitrogens is 1. The molecule has 32 nitrogen and oxygen atoms in total. The number of carbonyl (C=O) groups is 3. The average molecular weight is 1420 g/mol. The highest BCUT2D eigenvalue weighted by molar-refractivity contribution is 9.09. The Hall–Kier alpha value is -10.7. The highest BCUT2D eigenvalue weighted by atomic mass is 79.9. The first kappa shape index (κ1) is 78.0. The first-order chi connectivity index (χ1) is 46.7. The number of carboxylic acids is 2. The maximum Gasteiger partial charge on any atom is 0.327 e. The summed E-state index contributed by atoms with van der Waals surface area (Å²) in [6.45, 7) is 17.2. The fourth-order valence-electron chi connectivity index (χ4n) is 9.78. The maximum absolute atomic E-state index is 11.0. The van der Waals surface area contributed by atoms with Crippen LogP contribution in [0.3, 0.4) is 0 Å². The second-order valence-electron chi connectivity index (χ2n) is 22.1. The Morgan fingerprint density at radius 3 is 1.38 bits per heavy atom. The van der Waals surface area contributed by atoms with Crippen LogP contribution in [0.25, 0.3) is 0 Å². The number of benzene rings is 3. The Labute approximate surface area is 578 Å². The third kappa shape index (κ3) is 24.5. The molecule has 0 saturated carbocycles. The highest BCUT2D eigenvalue weighted by Crippen LogP contribution is 2.32. The molecule has 0 unspecified atom stereocenters. The number of nitrogens with two attached hydrogens (primary N) is 3. The number of anilines is 6. The summed E-state index contributed by atoms with van der Waals surface area (Å²) in [6, 6.07) is 17.7. The Kier molecular flexibility index (Phi) is 31.8. The molecule has 3 aromatic carbocycles. The molecule has 0 saturated heterocycles. The normalized spacial score (nSPS) is 10.6. The summed E-state index contributed by atoms with van der Waals surface area (Å²) in [4.78, 5) is 58.9. The highest BCUT2D eigenvalue weighted by Gasteiger charge is 2.20. The number of carboxylic acid groups (broad SMARTS) is 2. The standard InChI is InChI=1S/C21H28N8O3.C21H26N8O3.C19H26N8O.C3H5BrO.CH4/c1-4-5-8-23-20-16(13(2)24-21(22)25-20)11-15-9-14(6-7-17(15)32-3)10-18-26-27-28-29(18)12-19(30)31;1-4-5-8-23-20-16(13(2)24-21(22)25-20)11-15-9-14(6-7-17(15)32-3)10-18-26-28-29(27-18)12-19(30)31;1-4-5-8-21-18-15(12(2)22-19(20)23-18)11-14-9-13(6-7-16(14)28-3)10-17-24-26-27-25-17;1-3(5)2-4;/h6-7,9H,4-5,8,10-12H2,1-3H3,(H,30,31)(H3,22,23,24,25);6-7,9H,1,4-5,8,10-12H2,2-3H3,(H3-,22,23,24,25,30,31);6-7,9H,4-5,8,10-11H2,1-3H3,(H3,20,21,22,23)(H,24,25,26,27);2H2,1H3;1H4/p+1. The number of nitrogens with zero attached hydrogens (tertiary/aromatic N) is 17. The largest absolute Gasteiger partial charge is 0.496 e. The van der Waals surface area contributed by atoms with Crippen LogP contribution in [0, 0.1) is 27.7 Å². The maximum atomic E-state index is 11.0. The first-order valence-corrected chi connectivity index (χ1v) is 32.4. The van der Waals surface area contributed by atoms with Crippen LogP contribution in [0.15, 0.2) is 54.6 Å². The molecule has 0 aliphatic carbocycles. The van der Waals surface area contributed by atoms with Crippen molar-refractivity contribution in [3.05, 3.63) is 146 Å². The van der Waals surface area contributed by atoms with E-state index in [1.807, 2.05) is 69.3 Å². The molecular formula is C65H90BrN24O8+. The molecule has 6 heterocycles. The number of methoxy groups -OCH3 is 3. The van der Waals surface area contributed by atoms with Crippen molar-refractivity contribution in [1.82, 2.24) is 90.9 Å². The second-order valence-corrected chi connectivity index (χ2v) is 22.7. The van der Waals surface area contributed by atoms with Crippen molar-refractivity contribution >= 4 is 69.0 Å². The van der Waals surface area contributed by atoms with E-state index in [0.29, 0.717) is 67.1 Å². The minimum absolute atomic E-state index is 0. The third-order valence-electron chi connectivity index (χ3n) is 14.5. The van der Waals surface area contributed by atoms with Gasteiger partial charge in [0, 0.05) is 98.4 Å². The van der Waals surface area contributed by atoms with Crippen LogP contribution in [0.1, 0.15) is 151 Å². The van der Waals surface area contributed by atoms with Gasteiger partial charge in [0.25, 0.3) is 0 Å². The third-order valence-corrected chi connectivity index (χ3v) is 15.3. The van der Waals surface area contributed by atoms with Crippen molar-refractivity contribution in [3.63, 3.8) is 0 Å². The van der Waals surface area contributed by atoms with Gasteiger partial charge in [0.2, 0.25) is 17.8 Å². The SMILES string of the molecule is C.CC(=O)CBr.CCCCNc1nc(N)nc(C)c1Cc1cc(Cc2nn[nH]n2)ccc1OC.CCCCNc1nc(N)nc(C)c1Cc1cc(Cc2nnnn2CC(=O)O)ccc1OC.[CH2+]CCCNc1nc(N)nc(C)c1Cc1cc(Cc2nnn(CC(=O)O)n2)ccc1OC. The molecule has 0 amide bonds. The summed E-state index contributed by atoms with van der Waals surface area (Å²) < 4.78 is 18.0. The summed E-state index contributed by atoms with van der Waals surface area (Å²) >= 11 is 2.96. The van der Waals surface area contributed by atoms with Gasteiger partial charge < -0.3 is 57.6 Å². The smallest absolute Gasteiger partial charge is 0.327 e. The van der Waals surface area contributed by atoms with Crippen molar-refractivity contribution in [1.29, 1.82) is 0 Å². The van der Waals surface area contributed by atoms with E-state index in [0.717, 1.165) is 159 Å². The number of halogens is 1. The molecule has 0 spiro atoms. The Balaban J connectivity index is 0.000000255. The number of aromatic amines is 1. The van der Waals surface area contributed by atoms with Crippen LogP contribution in [-0.2, 0) is 66.0 Å². The number of tetrazole rings is 3. The number of nitrogens with one attached hydrogen (secondary N) is 4. The summed E-state index contributed by atoms with van der Waals surface area (Å²) in [5, 5.41) is 65.8. The molecule has 6 aromatic heterocycles.